The van der Waals surface area contributed by atoms with Gasteiger partial charge < -0.3 is 15.1 Å². The molecule has 0 unspecified atom stereocenters. The normalized spacial score (nSPS) is 15.8. The van der Waals surface area contributed by atoms with E-state index in [-0.39, 0.29) is 11.8 Å². The van der Waals surface area contributed by atoms with Crippen LogP contribution in [0.4, 0.5) is 0 Å². The van der Waals surface area contributed by atoms with E-state index in [9.17, 15) is 9.59 Å². The van der Waals surface area contributed by atoms with Crippen LogP contribution in [0, 0.1) is 5.92 Å². The van der Waals surface area contributed by atoms with Gasteiger partial charge in [-0.1, -0.05) is 25.4 Å². The Hall–Kier alpha value is -2.44. The maximum atomic E-state index is 13.2. The van der Waals surface area contributed by atoms with E-state index < -0.39 is 6.04 Å². The second kappa shape index (κ2) is 10.5. The van der Waals surface area contributed by atoms with Gasteiger partial charge in [0.05, 0.1) is 26.2 Å². The summed E-state index contributed by atoms with van der Waals surface area (Å²) in [6.07, 6.45) is 4.24. The largest absolute Gasteiger partial charge is 0.340 e. The number of nitrogens with zero attached hydrogens (tertiary/aromatic N) is 2. The molecule has 6 nitrogen and oxygen atoms in total. The van der Waals surface area contributed by atoms with Gasteiger partial charge in [-0.15, -0.1) is 0 Å². The van der Waals surface area contributed by atoms with Crippen molar-refractivity contribution in [2.75, 3.05) is 26.2 Å². The Morgan fingerprint density at radius 1 is 1.10 bits per heavy atom. The maximum absolute atomic E-state index is 13.2. The lowest BCUT2D eigenvalue weighted by atomic mass is 10.0. The van der Waals surface area contributed by atoms with E-state index in [1.807, 2.05) is 29.4 Å². The van der Waals surface area contributed by atoms with Gasteiger partial charge in [0.25, 0.3) is 5.91 Å². The summed E-state index contributed by atoms with van der Waals surface area (Å²) in [5.74, 6) is 0.0599. The second-order valence-corrected chi connectivity index (χ2v) is 8.71. The third-order valence-electron chi connectivity index (χ3n) is 5.40. The molecule has 2 aromatic rings. The number of nitrogens with one attached hydrogen (secondary N) is 2. The van der Waals surface area contributed by atoms with Crippen LogP contribution in [0.15, 0.2) is 48.8 Å². The number of aromatic nitrogens is 1. The van der Waals surface area contributed by atoms with E-state index >= 15 is 0 Å². The SMILES string of the molecule is CC(C)C[C@H](NC(=O)c1ccc(Cl)cc1)C(=O)N1CC[NH+](Cc2ccncc2)CC1. The first-order valence-corrected chi connectivity index (χ1v) is 10.9. The molecule has 160 valence electrons. The van der Waals surface area contributed by atoms with Crippen molar-refractivity contribution in [3.63, 3.8) is 0 Å². The summed E-state index contributed by atoms with van der Waals surface area (Å²) < 4.78 is 0. The molecule has 0 spiro atoms. The lowest BCUT2D eigenvalue weighted by molar-refractivity contribution is -0.917. The van der Waals surface area contributed by atoms with E-state index in [1.54, 1.807) is 24.3 Å². The smallest absolute Gasteiger partial charge is 0.251 e. The van der Waals surface area contributed by atoms with Crippen LogP contribution in [0.25, 0.3) is 0 Å². The standard InChI is InChI=1S/C23H29ClN4O2/c1-17(2)15-21(26-22(29)19-3-5-20(24)6-4-19)23(30)28-13-11-27(12-14-28)16-18-7-9-25-10-8-18/h3-10,17,21H,11-16H2,1-2H3,(H,26,29)/p+1/t21-/m0/s1. The van der Waals surface area contributed by atoms with Crippen molar-refractivity contribution in [1.82, 2.24) is 15.2 Å². The van der Waals surface area contributed by atoms with Crippen molar-refractivity contribution in [3.8, 4) is 0 Å². The Morgan fingerprint density at radius 2 is 1.73 bits per heavy atom. The molecular weight excluding hydrogens is 400 g/mol. The molecule has 0 bridgehead atoms. The molecule has 2 N–H and O–H groups in total. The molecular formula is C23H30ClN4O2+. The van der Waals surface area contributed by atoms with Crippen LogP contribution in [0.1, 0.15) is 36.2 Å². The number of hydrogen-bond donors (Lipinski definition) is 2. The number of quaternary nitrogens is 1. The zero-order valence-corrected chi connectivity index (χ0v) is 18.4. The van der Waals surface area contributed by atoms with Crippen LogP contribution in [-0.2, 0) is 11.3 Å². The predicted molar refractivity (Wildman–Crippen MR) is 117 cm³/mol. The predicted octanol–water partition coefficient (Wildman–Crippen LogP) is 1.81. The molecule has 30 heavy (non-hydrogen) atoms. The number of carbonyl (C=O) groups excluding carboxylic acids is 2. The maximum Gasteiger partial charge on any atom is 0.251 e. The Kier molecular flexibility index (Phi) is 7.82. The minimum absolute atomic E-state index is 0.00831. The van der Waals surface area contributed by atoms with Crippen LogP contribution < -0.4 is 10.2 Å². The molecule has 2 heterocycles. The van der Waals surface area contributed by atoms with Crippen molar-refractivity contribution in [2.24, 2.45) is 5.92 Å². The highest BCUT2D eigenvalue weighted by Crippen LogP contribution is 2.12. The first-order chi connectivity index (χ1) is 14.4. The van der Waals surface area contributed by atoms with E-state index in [0.29, 0.717) is 36.0 Å². The third-order valence-corrected chi connectivity index (χ3v) is 5.65. The van der Waals surface area contributed by atoms with Crippen molar-refractivity contribution < 1.29 is 14.5 Å². The zero-order valence-electron chi connectivity index (χ0n) is 17.6. The van der Waals surface area contributed by atoms with Gasteiger partial charge in [0.2, 0.25) is 5.91 Å². The summed E-state index contributed by atoms with van der Waals surface area (Å²) in [6, 6.07) is 10.3. The fourth-order valence-corrected chi connectivity index (χ4v) is 3.89. The summed E-state index contributed by atoms with van der Waals surface area (Å²) in [5, 5.41) is 3.52. The fourth-order valence-electron chi connectivity index (χ4n) is 3.77. The number of pyridine rings is 1. The van der Waals surface area contributed by atoms with Gasteiger partial charge in [0, 0.05) is 28.5 Å². The molecule has 1 aliphatic heterocycles. The quantitative estimate of drug-likeness (QED) is 0.705. The fraction of sp³-hybridized carbons (Fsp3) is 0.435. The summed E-state index contributed by atoms with van der Waals surface area (Å²) in [6.45, 7) is 8.25. The average Bonchev–Trinajstić information content (AvgIpc) is 2.74. The number of hydrogen-bond acceptors (Lipinski definition) is 3. The van der Waals surface area contributed by atoms with E-state index in [0.717, 1.165) is 19.6 Å². The monoisotopic (exact) mass is 429 g/mol. The van der Waals surface area contributed by atoms with Gasteiger partial charge in [-0.05, 0) is 48.7 Å². The molecule has 1 atom stereocenters. The molecule has 0 radical (unpaired) electrons. The molecule has 1 aromatic carbocycles. The molecule has 1 aliphatic rings. The molecule has 0 aliphatic carbocycles. The van der Waals surface area contributed by atoms with Gasteiger partial charge in [0.1, 0.15) is 12.6 Å². The minimum atomic E-state index is -0.519. The van der Waals surface area contributed by atoms with Gasteiger partial charge in [-0.3, -0.25) is 14.6 Å². The Bertz CT molecular complexity index is 834. The van der Waals surface area contributed by atoms with Crippen LogP contribution in [0.5, 0.6) is 0 Å². The molecule has 0 saturated carbocycles. The number of benzene rings is 1. The highest BCUT2D eigenvalue weighted by atomic mass is 35.5. The van der Waals surface area contributed by atoms with Gasteiger partial charge in [-0.2, -0.15) is 0 Å². The second-order valence-electron chi connectivity index (χ2n) is 8.27. The van der Waals surface area contributed by atoms with E-state index in [1.165, 1.54) is 10.5 Å². The number of rotatable bonds is 7. The van der Waals surface area contributed by atoms with Gasteiger partial charge in [-0.25, -0.2) is 0 Å². The molecule has 3 rings (SSSR count). The van der Waals surface area contributed by atoms with Crippen LogP contribution in [0.3, 0.4) is 0 Å². The lowest BCUT2D eigenvalue weighted by Crippen LogP contribution is -3.13. The zero-order chi connectivity index (χ0) is 21.5. The van der Waals surface area contributed by atoms with E-state index in [4.69, 9.17) is 11.6 Å². The first kappa shape index (κ1) is 22.2. The van der Waals surface area contributed by atoms with Crippen LogP contribution in [0.2, 0.25) is 5.02 Å². The number of halogens is 1. The lowest BCUT2D eigenvalue weighted by Gasteiger charge is -2.34. The molecule has 7 heteroatoms. The summed E-state index contributed by atoms with van der Waals surface area (Å²) in [7, 11) is 0. The highest BCUT2D eigenvalue weighted by Gasteiger charge is 2.30. The molecule has 1 saturated heterocycles. The van der Waals surface area contributed by atoms with Crippen molar-refractivity contribution >= 4 is 23.4 Å². The Labute approximate surface area is 183 Å². The Balaban J connectivity index is 1.58. The molecule has 2 amide bonds. The third kappa shape index (κ3) is 6.28. The average molecular weight is 430 g/mol. The summed E-state index contributed by atoms with van der Waals surface area (Å²) in [4.78, 5) is 33.3. The van der Waals surface area contributed by atoms with Crippen molar-refractivity contribution in [1.29, 1.82) is 0 Å². The molecule has 1 aromatic heterocycles. The highest BCUT2D eigenvalue weighted by molar-refractivity contribution is 6.30. The van der Waals surface area contributed by atoms with Crippen molar-refractivity contribution in [3.05, 3.63) is 64.9 Å². The van der Waals surface area contributed by atoms with Crippen LogP contribution in [-0.4, -0.2) is 53.9 Å². The molecule has 1 fully saturated rings. The first-order valence-electron chi connectivity index (χ1n) is 10.5. The summed E-state index contributed by atoms with van der Waals surface area (Å²) in [5.41, 5.74) is 1.76. The number of piperazine rings is 1. The van der Waals surface area contributed by atoms with Gasteiger partial charge in [0.15, 0.2) is 0 Å². The van der Waals surface area contributed by atoms with E-state index in [2.05, 4.69) is 24.1 Å². The van der Waals surface area contributed by atoms with Crippen LogP contribution >= 0.6 is 11.6 Å². The number of amides is 2. The minimum Gasteiger partial charge on any atom is -0.340 e. The Morgan fingerprint density at radius 3 is 2.33 bits per heavy atom. The summed E-state index contributed by atoms with van der Waals surface area (Å²) >= 11 is 5.91. The van der Waals surface area contributed by atoms with Crippen molar-refractivity contribution in [2.45, 2.75) is 32.9 Å². The van der Waals surface area contributed by atoms with Gasteiger partial charge >= 0.3 is 0 Å². The topological polar surface area (TPSA) is 66.7 Å². The number of carbonyl (C=O) groups is 2.